The summed E-state index contributed by atoms with van der Waals surface area (Å²) in [6.07, 6.45) is 1.32. The van der Waals surface area contributed by atoms with E-state index in [1.807, 2.05) is 24.3 Å². The fourth-order valence-corrected chi connectivity index (χ4v) is 5.01. The van der Waals surface area contributed by atoms with Gasteiger partial charge in [0.05, 0.1) is 22.0 Å². The number of furan rings is 1. The molecule has 0 unspecified atom stereocenters. The normalized spacial score (nSPS) is 11.5. The van der Waals surface area contributed by atoms with Crippen molar-refractivity contribution in [3.05, 3.63) is 132 Å². The number of hydrogen-bond donors (Lipinski definition) is 0. The first-order valence-corrected chi connectivity index (χ1v) is 13.5. The number of fused-ring (bicyclic) bond motifs is 2. The van der Waals surface area contributed by atoms with Gasteiger partial charge in [0.25, 0.3) is 5.56 Å². The first-order chi connectivity index (χ1) is 19.9. The van der Waals surface area contributed by atoms with E-state index in [0.29, 0.717) is 37.3 Å². The van der Waals surface area contributed by atoms with Crippen LogP contribution in [-0.2, 0) is 6.61 Å². The van der Waals surface area contributed by atoms with E-state index in [2.05, 4.69) is 26.0 Å². The minimum absolute atomic E-state index is 0.0231. The van der Waals surface area contributed by atoms with Crippen LogP contribution in [0.3, 0.4) is 0 Å². The first kappa shape index (κ1) is 26.4. The molecular weight excluding hydrogens is 612 g/mol. The highest BCUT2D eigenvalue weighted by molar-refractivity contribution is 9.10. The molecular formula is C30H18BrClN4O5. The van der Waals surface area contributed by atoms with Gasteiger partial charge < -0.3 is 9.15 Å². The number of nitro groups is 1. The third kappa shape index (κ3) is 5.22. The molecule has 0 radical (unpaired) electrons. The van der Waals surface area contributed by atoms with E-state index in [0.717, 1.165) is 10.1 Å². The van der Waals surface area contributed by atoms with E-state index in [1.165, 1.54) is 12.3 Å². The molecule has 0 aliphatic heterocycles. The summed E-state index contributed by atoms with van der Waals surface area (Å²) in [6.45, 7) is -0.0231. The van der Waals surface area contributed by atoms with Crippen LogP contribution < -0.4 is 10.3 Å². The van der Waals surface area contributed by atoms with E-state index < -0.39 is 10.5 Å². The van der Waals surface area contributed by atoms with Crippen molar-refractivity contribution in [2.24, 2.45) is 5.10 Å². The second-order valence-corrected chi connectivity index (χ2v) is 10.3. The molecule has 0 bridgehead atoms. The predicted octanol–water partition coefficient (Wildman–Crippen LogP) is 7.60. The highest BCUT2D eigenvalue weighted by Crippen LogP contribution is 2.35. The van der Waals surface area contributed by atoms with Crippen LogP contribution in [0.15, 0.2) is 110 Å². The fourth-order valence-electron chi connectivity index (χ4n) is 4.36. The lowest BCUT2D eigenvalue weighted by atomic mass is 10.2. The second kappa shape index (κ2) is 11.0. The number of benzene rings is 4. The predicted molar refractivity (Wildman–Crippen MR) is 161 cm³/mol. The van der Waals surface area contributed by atoms with Gasteiger partial charge in [0.15, 0.2) is 5.76 Å². The quantitative estimate of drug-likeness (QED) is 0.102. The molecule has 0 saturated carbocycles. The van der Waals surface area contributed by atoms with Gasteiger partial charge in [-0.2, -0.15) is 9.78 Å². The minimum Gasteiger partial charge on any atom is -0.481 e. The van der Waals surface area contributed by atoms with Crippen molar-refractivity contribution in [1.82, 2.24) is 9.66 Å². The molecule has 0 aliphatic carbocycles. The van der Waals surface area contributed by atoms with Crippen LogP contribution in [0.4, 0.5) is 5.69 Å². The van der Waals surface area contributed by atoms with Gasteiger partial charge in [-0.05, 0) is 36.4 Å². The molecule has 0 atom stereocenters. The maximum Gasteiger partial charge on any atom is 0.312 e. The zero-order valence-electron chi connectivity index (χ0n) is 21.0. The third-order valence-corrected chi connectivity index (χ3v) is 7.13. The smallest absolute Gasteiger partial charge is 0.312 e. The van der Waals surface area contributed by atoms with Crippen molar-refractivity contribution in [1.29, 1.82) is 0 Å². The van der Waals surface area contributed by atoms with Crippen LogP contribution >= 0.6 is 27.5 Å². The van der Waals surface area contributed by atoms with Gasteiger partial charge in [-0.15, -0.1) is 0 Å². The molecule has 0 N–H and O–H groups in total. The Kier molecular flexibility index (Phi) is 7.08. The molecule has 9 nitrogen and oxygen atoms in total. The number of ether oxygens (including phenoxy) is 1. The molecule has 0 aliphatic rings. The molecule has 41 heavy (non-hydrogen) atoms. The highest BCUT2D eigenvalue weighted by atomic mass is 79.9. The standard InChI is InChI=1S/C30H18BrClN4O5/c31-21-13-20(28(25(15-21)36(38)39)40-17-19-8-1-4-10-23(19)32)16-33-35-29(27-14-18-7-2-6-12-26(18)41-27)34-24-11-5-3-9-22(24)30(35)37/h1-16H,17H2. The topological polar surface area (TPSA) is 113 Å². The molecule has 6 aromatic rings. The second-order valence-electron chi connectivity index (χ2n) is 8.94. The van der Waals surface area contributed by atoms with Gasteiger partial charge in [0.1, 0.15) is 12.2 Å². The summed E-state index contributed by atoms with van der Waals surface area (Å²) in [5.41, 5.74) is 1.28. The summed E-state index contributed by atoms with van der Waals surface area (Å²) < 4.78 is 13.5. The number of halogens is 2. The lowest BCUT2D eigenvalue weighted by molar-refractivity contribution is -0.386. The molecule has 0 saturated heterocycles. The van der Waals surface area contributed by atoms with E-state index in [9.17, 15) is 14.9 Å². The van der Waals surface area contributed by atoms with Gasteiger partial charge in [0, 0.05) is 32.1 Å². The third-order valence-electron chi connectivity index (χ3n) is 6.30. The molecule has 6 rings (SSSR count). The number of hydrogen-bond acceptors (Lipinski definition) is 7. The Morgan fingerprint density at radius 1 is 1.05 bits per heavy atom. The number of nitro benzene ring substituents is 1. The van der Waals surface area contributed by atoms with Gasteiger partial charge in [-0.3, -0.25) is 14.9 Å². The number of aromatic nitrogens is 2. The summed E-state index contributed by atoms with van der Waals surface area (Å²) in [5, 5.41) is 18.1. The molecule has 0 fully saturated rings. The Balaban J connectivity index is 1.50. The van der Waals surface area contributed by atoms with Crippen LogP contribution in [0.2, 0.25) is 5.02 Å². The molecule has 0 amide bonds. The number of para-hydroxylation sites is 2. The lowest BCUT2D eigenvalue weighted by Gasteiger charge is -2.12. The largest absolute Gasteiger partial charge is 0.481 e. The Morgan fingerprint density at radius 3 is 2.61 bits per heavy atom. The number of rotatable bonds is 7. The zero-order chi connectivity index (χ0) is 28.5. The van der Waals surface area contributed by atoms with Crippen molar-refractivity contribution >= 4 is 61.3 Å². The van der Waals surface area contributed by atoms with Crippen molar-refractivity contribution in [3.8, 4) is 17.3 Å². The minimum atomic E-state index is -0.548. The van der Waals surface area contributed by atoms with E-state index in [4.69, 9.17) is 20.8 Å². The zero-order valence-corrected chi connectivity index (χ0v) is 23.4. The van der Waals surface area contributed by atoms with Gasteiger partial charge in [-0.1, -0.05) is 76.1 Å². The van der Waals surface area contributed by atoms with Gasteiger partial charge in [0.2, 0.25) is 11.6 Å². The van der Waals surface area contributed by atoms with Gasteiger partial charge in [-0.25, -0.2) is 4.98 Å². The van der Waals surface area contributed by atoms with E-state index in [1.54, 1.807) is 60.7 Å². The van der Waals surface area contributed by atoms with Crippen molar-refractivity contribution < 1.29 is 14.1 Å². The van der Waals surface area contributed by atoms with Crippen molar-refractivity contribution in [3.63, 3.8) is 0 Å². The molecule has 11 heteroatoms. The van der Waals surface area contributed by atoms with E-state index >= 15 is 0 Å². The van der Waals surface area contributed by atoms with Crippen LogP contribution in [0.1, 0.15) is 11.1 Å². The molecule has 202 valence electrons. The van der Waals surface area contributed by atoms with Gasteiger partial charge >= 0.3 is 5.69 Å². The fraction of sp³-hybridized carbons (Fsp3) is 0.0333. The van der Waals surface area contributed by atoms with Crippen molar-refractivity contribution in [2.75, 3.05) is 0 Å². The average molecular weight is 630 g/mol. The summed E-state index contributed by atoms with van der Waals surface area (Å²) in [4.78, 5) is 29.7. The molecule has 2 heterocycles. The summed E-state index contributed by atoms with van der Waals surface area (Å²) in [7, 11) is 0. The Morgan fingerprint density at radius 2 is 1.80 bits per heavy atom. The molecule has 0 spiro atoms. The van der Waals surface area contributed by atoms with E-state index in [-0.39, 0.29) is 29.4 Å². The Labute approximate surface area is 245 Å². The first-order valence-electron chi connectivity index (χ1n) is 12.3. The maximum atomic E-state index is 13.6. The Hall–Kier alpha value is -4.80. The summed E-state index contributed by atoms with van der Waals surface area (Å²) >= 11 is 9.60. The lowest BCUT2D eigenvalue weighted by Crippen LogP contribution is -2.20. The average Bonchev–Trinajstić information content (AvgIpc) is 3.41. The van der Waals surface area contributed by atoms with Crippen LogP contribution in [0.5, 0.6) is 5.75 Å². The number of nitrogens with zero attached hydrogens (tertiary/aromatic N) is 4. The molecule has 4 aromatic carbocycles. The monoisotopic (exact) mass is 628 g/mol. The summed E-state index contributed by atoms with van der Waals surface area (Å²) in [6, 6.07) is 26.1. The van der Waals surface area contributed by atoms with Crippen LogP contribution in [0.25, 0.3) is 33.5 Å². The molecule has 2 aromatic heterocycles. The Bertz CT molecular complexity index is 2020. The highest BCUT2D eigenvalue weighted by Gasteiger charge is 2.22. The van der Waals surface area contributed by atoms with Crippen molar-refractivity contribution in [2.45, 2.75) is 6.61 Å². The summed E-state index contributed by atoms with van der Waals surface area (Å²) in [5.74, 6) is 0.472. The van der Waals surface area contributed by atoms with Crippen LogP contribution in [0, 0.1) is 10.1 Å². The van der Waals surface area contributed by atoms with Crippen LogP contribution in [-0.4, -0.2) is 20.8 Å². The maximum absolute atomic E-state index is 13.6. The SMILES string of the molecule is O=c1c2ccccc2nc(-c2cc3ccccc3o2)n1N=Cc1cc(Br)cc([N+](=O)[O-])c1OCc1ccccc1Cl.